The zero-order valence-electron chi connectivity index (χ0n) is 24.6. The summed E-state index contributed by atoms with van der Waals surface area (Å²) < 4.78 is 0. The van der Waals surface area contributed by atoms with Crippen molar-refractivity contribution in [2.75, 3.05) is 0 Å². The number of carbonyl (C=O) groups is 5. The fourth-order valence-corrected chi connectivity index (χ4v) is 4.73. The van der Waals surface area contributed by atoms with Crippen molar-refractivity contribution in [3.63, 3.8) is 0 Å². The Balaban J connectivity index is 1.78. The first-order valence-corrected chi connectivity index (χ1v) is 14.3. The van der Waals surface area contributed by atoms with Crippen molar-refractivity contribution >= 4 is 40.6 Å². The summed E-state index contributed by atoms with van der Waals surface area (Å²) in [5.41, 5.74) is 8.54. The molecule has 2 aromatic carbocycles. The summed E-state index contributed by atoms with van der Waals surface area (Å²) in [7, 11) is 0. The summed E-state index contributed by atoms with van der Waals surface area (Å²) in [5, 5.41) is 36.7. The minimum atomic E-state index is -1.51. The van der Waals surface area contributed by atoms with E-state index < -0.39 is 60.2 Å². The van der Waals surface area contributed by atoms with Crippen LogP contribution < -0.4 is 21.7 Å². The lowest BCUT2D eigenvalue weighted by Crippen LogP contribution is -2.59. The van der Waals surface area contributed by atoms with Crippen LogP contribution in [0.15, 0.2) is 54.7 Å². The van der Waals surface area contributed by atoms with Crippen molar-refractivity contribution in [1.82, 2.24) is 20.9 Å². The molecule has 1 heterocycles. The van der Waals surface area contributed by atoms with Gasteiger partial charge in [0.1, 0.15) is 23.9 Å². The summed E-state index contributed by atoms with van der Waals surface area (Å²) in [5.74, 6) is -5.12. The van der Waals surface area contributed by atoms with E-state index in [0.29, 0.717) is 12.0 Å². The van der Waals surface area contributed by atoms with Gasteiger partial charge in [0.2, 0.25) is 17.7 Å². The standard InChI is InChI=1S/C31H39N5O8/c1-3-17(2)27(36-28(40)22(32)15-19-16-33-23-7-5-4-6-21(19)23)30(42)35-25(14-18-8-10-20(37)11-9-18)29(41)34-24(31(43)44)12-13-26(38)39/h4-11,16-17,22,24-25,27,33,37H,3,12-15,32H2,1-2H3,(H,34,41)(H,35,42)(H,36,40)(H,38,39)(H,43,44). The number of aliphatic carboxylic acids is 2. The van der Waals surface area contributed by atoms with E-state index >= 15 is 0 Å². The molecule has 0 radical (unpaired) electrons. The second-order valence-corrected chi connectivity index (χ2v) is 10.8. The number of amides is 3. The number of nitrogens with one attached hydrogen (secondary N) is 4. The van der Waals surface area contributed by atoms with E-state index in [-0.39, 0.29) is 30.9 Å². The van der Waals surface area contributed by atoms with E-state index in [0.717, 1.165) is 16.5 Å². The Morgan fingerprint density at radius 2 is 1.52 bits per heavy atom. The van der Waals surface area contributed by atoms with Crippen molar-refractivity contribution in [2.24, 2.45) is 11.7 Å². The Morgan fingerprint density at radius 1 is 0.864 bits per heavy atom. The van der Waals surface area contributed by atoms with Gasteiger partial charge >= 0.3 is 11.9 Å². The van der Waals surface area contributed by atoms with Crippen LogP contribution in [0.5, 0.6) is 5.75 Å². The van der Waals surface area contributed by atoms with Crippen LogP contribution in [-0.2, 0) is 36.8 Å². The number of H-pyrrole nitrogens is 1. The maximum absolute atomic E-state index is 13.6. The molecule has 236 valence electrons. The van der Waals surface area contributed by atoms with Crippen LogP contribution in [-0.4, -0.2) is 74.1 Å². The summed E-state index contributed by atoms with van der Waals surface area (Å²) in [6, 6.07) is 8.62. The number of aromatic nitrogens is 1. The molecule has 0 aliphatic heterocycles. The summed E-state index contributed by atoms with van der Waals surface area (Å²) in [6.45, 7) is 3.60. The third kappa shape index (κ3) is 9.30. The fraction of sp³-hybridized carbons (Fsp3) is 0.387. The number of phenolic OH excluding ortho intramolecular Hbond substituents is 1. The molecule has 13 heteroatoms. The van der Waals surface area contributed by atoms with Crippen molar-refractivity contribution in [2.45, 2.75) is 70.1 Å². The number of nitrogens with two attached hydrogens (primary N) is 1. The molecule has 0 fully saturated rings. The van der Waals surface area contributed by atoms with Crippen LogP contribution in [0, 0.1) is 5.92 Å². The van der Waals surface area contributed by atoms with Crippen LogP contribution in [0.3, 0.4) is 0 Å². The highest BCUT2D eigenvalue weighted by Gasteiger charge is 2.33. The van der Waals surface area contributed by atoms with Crippen molar-refractivity contribution in [3.05, 3.63) is 65.9 Å². The van der Waals surface area contributed by atoms with Gasteiger partial charge in [0.05, 0.1) is 6.04 Å². The number of fused-ring (bicyclic) bond motifs is 1. The smallest absolute Gasteiger partial charge is 0.326 e. The number of para-hydroxylation sites is 1. The Morgan fingerprint density at radius 3 is 2.16 bits per heavy atom. The van der Waals surface area contributed by atoms with Gasteiger partial charge in [-0.25, -0.2) is 4.79 Å². The van der Waals surface area contributed by atoms with Crippen LogP contribution in [0.2, 0.25) is 0 Å². The lowest BCUT2D eigenvalue weighted by molar-refractivity contribution is -0.143. The Kier molecular flexibility index (Phi) is 11.9. The van der Waals surface area contributed by atoms with Crippen molar-refractivity contribution in [1.29, 1.82) is 0 Å². The number of carboxylic acids is 2. The zero-order valence-corrected chi connectivity index (χ0v) is 24.6. The largest absolute Gasteiger partial charge is 0.508 e. The fourth-order valence-electron chi connectivity index (χ4n) is 4.73. The van der Waals surface area contributed by atoms with E-state index in [9.17, 15) is 34.2 Å². The summed E-state index contributed by atoms with van der Waals surface area (Å²) >= 11 is 0. The number of benzene rings is 2. The van der Waals surface area contributed by atoms with Gasteiger partial charge in [-0.15, -0.1) is 0 Å². The molecule has 0 aliphatic rings. The van der Waals surface area contributed by atoms with E-state index in [4.69, 9.17) is 10.8 Å². The molecule has 13 nitrogen and oxygen atoms in total. The van der Waals surface area contributed by atoms with Crippen molar-refractivity contribution < 1.29 is 39.3 Å². The van der Waals surface area contributed by atoms with E-state index in [2.05, 4.69) is 20.9 Å². The number of aromatic amines is 1. The second kappa shape index (κ2) is 15.5. The number of hydrogen-bond donors (Lipinski definition) is 8. The van der Waals surface area contributed by atoms with Crippen molar-refractivity contribution in [3.8, 4) is 5.75 Å². The predicted octanol–water partition coefficient (Wildman–Crippen LogP) is 1.44. The molecule has 0 bridgehead atoms. The molecular weight excluding hydrogens is 570 g/mol. The molecule has 0 aliphatic carbocycles. The first-order valence-electron chi connectivity index (χ1n) is 14.3. The average molecular weight is 610 g/mol. The number of hydrogen-bond acceptors (Lipinski definition) is 7. The Hall–Kier alpha value is -4.91. The molecule has 5 atom stereocenters. The van der Waals surface area contributed by atoms with Gasteiger partial charge in [0.25, 0.3) is 0 Å². The maximum Gasteiger partial charge on any atom is 0.326 e. The van der Waals surface area contributed by atoms with Gasteiger partial charge in [0.15, 0.2) is 0 Å². The number of aromatic hydroxyl groups is 1. The summed E-state index contributed by atoms with van der Waals surface area (Å²) in [6.07, 6.45) is 1.56. The monoisotopic (exact) mass is 609 g/mol. The molecule has 0 saturated heterocycles. The minimum Gasteiger partial charge on any atom is -0.508 e. The second-order valence-electron chi connectivity index (χ2n) is 10.8. The molecule has 5 unspecified atom stereocenters. The van der Waals surface area contributed by atoms with E-state index in [1.165, 1.54) is 12.1 Å². The van der Waals surface area contributed by atoms with Crippen LogP contribution in [0.4, 0.5) is 0 Å². The molecule has 44 heavy (non-hydrogen) atoms. The molecule has 1 aromatic heterocycles. The number of phenols is 1. The average Bonchev–Trinajstić information content (AvgIpc) is 3.40. The molecule has 3 aromatic rings. The topological polar surface area (TPSA) is 224 Å². The predicted molar refractivity (Wildman–Crippen MR) is 162 cm³/mol. The van der Waals surface area contributed by atoms with Gasteiger partial charge in [0, 0.05) is 29.9 Å². The molecular formula is C31H39N5O8. The minimum absolute atomic E-state index is 0.0121. The first kappa shape index (κ1) is 33.6. The van der Waals surface area contributed by atoms with E-state index in [1.807, 2.05) is 31.2 Å². The first-order chi connectivity index (χ1) is 20.9. The number of rotatable bonds is 16. The highest BCUT2D eigenvalue weighted by atomic mass is 16.4. The normalized spacial score (nSPS) is 14.5. The zero-order chi connectivity index (χ0) is 32.4. The highest BCUT2D eigenvalue weighted by Crippen LogP contribution is 2.19. The molecule has 3 amide bonds. The molecule has 0 saturated carbocycles. The van der Waals surface area contributed by atoms with Gasteiger partial charge < -0.3 is 42.0 Å². The lowest BCUT2D eigenvalue weighted by atomic mass is 9.96. The molecule has 9 N–H and O–H groups in total. The van der Waals surface area contributed by atoms with Gasteiger partial charge in [-0.1, -0.05) is 50.6 Å². The highest BCUT2D eigenvalue weighted by molar-refractivity contribution is 5.94. The quantitative estimate of drug-likeness (QED) is 0.117. The van der Waals surface area contributed by atoms with Crippen LogP contribution in [0.1, 0.15) is 44.2 Å². The molecule has 0 spiro atoms. The third-order valence-electron chi connectivity index (χ3n) is 7.52. The SMILES string of the molecule is CCC(C)C(NC(=O)C(N)Cc1c[nH]c2ccccc12)C(=O)NC(Cc1ccc(O)cc1)C(=O)NC(CCC(=O)O)C(=O)O. The van der Waals surface area contributed by atoms with Gasteiger partial charge in [-0.2, -0.15) is 0 Å². The Labute approximate surface area is 254 Å². The van der Waals surface area contributed by atoms with Gasteiger partial charge in [-0.3, -0.25) is 19.2 Å². The summed E-state index contributed by atoms with van der Waals surface area (Å²) in [4.78, 5) is 65.9. The number of carbonyl (C=O) groups excluding carboxylic acids is 3. The number of carboxylic acid groups (broad SMARTS) is 2. The molecule has 3 rings (SSSR count). The van der Waals surface area contributed by atoms with Crippen LogP contribution >= 0.6 is 0 Å². The lowest BCUT2D eigenvalue weighted by Gasteiger charge is -2.28. The van der Waals surface area contributed by atoms with Crippen LogP contribution in [0.25, 0.3) is 10.9 Å². The Bertz CT molecular complexity index is 1470. The van der Waals surface area contributed by atoms with Gasteiger partial charge in [-0.05, 0) is 48.1 Å². The maximum atomic E-state index is 13.6. The third-order valence-corrected chi connectivity index (χ3v) is 7.52. The van der Waals surface area contributed by atoms with E-state index in [1.54, 1.807) is 25.3 Å².